The second-order valence-electron chi connectivity index (χ2n) is 4.12. The summed E-state index contributed by atoms with van der Waals surface area (Å²) in [7, 11) is 3.34. The zero-order valence-electron chi connectivity index (χ0n) is 11.5. The van der Waals surface area contributed by atoms with Gasteiger partial charge in [-0.3, -0.25) is 0 Å². The van der Waals surface area contributed by atoms with Gasteiger partial charge < -0.3 is 14.8 Å². The summed E-state index contributed by atoms with van der Waals surface area (Å²) in [5, 5.41) is 3.48. The number of nitrogens with one attached hydrogen (secondary N) is 1. The first-order valence-corrected chi connectivity index (χ1v) is 6.32. The number of hydrogen-bond donors (Lipinski definition) is 1. The highest BCUT2D eigenvalue weighted by Crippen LogP contribution is 2.28. The average Bonchev–Trinajstić information content (AvgIpc) is 2.42. The number of methoxy groups -OCH3 is 2. The SMILES string of the molecule is C=CCCC(NCC)c1cc(OC)cc(OC)c1. The van der Waals surface area contributed by atoms with Gasteiger partial charge >= 0.3 is 0 Å². The molecule has 18 heavy (non-hydrogen) atoms. The molecule has 0 aliphatic carbocycles. The molecule has 0 bridgehead atoms. The molecule has 1 unspecified atom stereocenters. The molecule has 1 aromatic carbocycles. The first-order valence-electron chi connectivity index (χ1n) is 6.32. The van der Waals surface area contributed by atoms with Crippen LogP contribution in [0.25, 0.3) is 0 Å². The molecule has 1 rings (SSSR count). The van der Waals surface area contributed by atoms with Crippen molar-refractivity contribution >= 4 is 0 Å². The van der Waals surface area contributed by atoms with E-state index in [1.165, 1.54) is 5.56 Å². The minimum atomic E-state index is 0.303. The van der Waals surface area contributed by atoms with E-state index < -0.39 is 0 Å². The molecule has 1 atom stereocenters. The third kappa shape index (κ3) is 4.08. The largest absolute Gasteiger partial charge is 0.497 e. The molecular weight excluding hydrogens is 226 g/mol. The van der Waals surface area contributed by atoms with Gasteiger partial charge in [-0.15, -0.1) is 6.58 Å². The molecule has 0 saturated carbocycles. The monoisotopic (exact) mass is 249 g/mol. The molecule has 100 valence electrons. The normalized spacial score (nSPS) is 11.9. The molecule has 0 heterocycles. The molecule has 1 N–H and O–H groups in total. The zero-order valence-corrected chi connectivity index (χ0v) is 11.5. The lowest BCUT2D eigenvalue weighted by molar-refractivity contribution is 0.391. The van der Waals surface area contributed by atoms with Gasteiger partial charge in [-0.2, -0.15) is 0 Å². The summed E-state index contributed by atoms with van der Waals surface area (Å²) in [6, 6.07) is 6.30. The maximum Gasteiger partial charge on any atom is 0.122 e. The molecular formula is C15H23NO2. The van der Waals surface area contributed by atoms with E-state index in [0.29, 0.717) is 6.04 Å². The summed E-state index contributed by atoms with van der Waals surface area (Å²) >= 11 is 0. The van der Waals surface area contributed by atoms with Crippen LogP contribution in [0.3, 0.4) is 0 Å². The fourth-order valence-corrected chi connectivity index (χ4v) is 1.95. The maximum atomic E-state index is 5.30. The topological polar surface area (TPSA) is 30.5 Å². The Hall–Kier alpha value is -1.48. The lowest BCUT2D eigenvalue weighted by Gasteiger charge is -2.19. The predicted molar refractivity (Wildman–Crippen MR) is 75.4 cm³/mol. The Morgan fingerprint density at radius 1 is 1.22 bits per heavy atom. The third-order valence-corrected chi connectivity index (χ3v) is 2.89. The Labute approximate surface area is 110 Å². The molecule has 0 amide bonds. The zero-order chi connectivity index (χ0) is 13.4. The van der Waals surface area contributed by atoms with E-state index in [1.807, 2.05) is 12.1 Å². The predicted octanol–water partition coefficient (Wildman–Crippen LogP) is 3.32. The smallest absolute Gasteiger partial charge is 0.122 e. The fraction of sp³-hybridized carbons (Fsp3) is 0.467. The number of allylic oxidation sites excluding steroid dienone is 1. The molecule has 0 spiro atoms. The van der Waals surface area contributed by atoms with Crippen LogP contribution < -0.4 is 14.8 Å². The highest BCUT2D eigenvalue weighted by molar-refractivity contribution is 5.39. The van der Waals surface area contributed by atoms with Crippen molar-refractivity contribution in [3.8, 4) is 11.5 Å². The quantitative estimate of drug-likeness (QED) is 0.717. The minimum absolute atomic E-state index is 0.303. The lowest BCUT2D eigenvalue weighted by Crippen LogP contribution is -2.20. The van der Waals surface area contributed by atoms with Crippen molar-refractivity contribution in [1.29, 1.82) is 0 Å². The number of rotatable bonds is 8. The van der Waals surface area contributed by atoms with Gasteiger partial charge in [0.25, 0.3) is 0 Å². The van der Waals surface area contributed by atoms with Crippen LogP contribution in [0.5, 0.6) is 11.5 Å². The molecule has 0 aliphatic rings. The van der Waals surface area contributed by atoms with Crippen LogP contribution in [-0.4, -0.2) is 20.8 Å². The van der Waals surface area contributed by atoms with Crippen molar-refractivity contribution in [1.82, 2.24) is 5.32 Å². The second kappa shape index (κ2) is 7.77. The Balaban J connectivity index is 2.97. The molecule has 3 nitrogen and oxygen atoms in total. The van der Waals surface area contributed by atoms with E-state index in [1.54, 1.807) is 14.2 Å². The summed E-state index contributed by atoms with van der Waals surface area (Å²) in [5.74, 6) is 1.65. The van der Waals surface area contributed by atoms with Gasteiger partial charge in [-0.25, -0.2) is 0 Å². The summed E-state index contributed by atoms with van der Waals surface area (Å²) in [5.41, 5.74) is 1.19. The number of hydrogen-bond acceptors (Lipinski definition) is 3. The number of benzene rings is 1. The molecule has 0 aliphatic heterocycles. The Kier molecular flexibility index (Phi) is 6.29. The van der Waals surface area contributed by atoms with Gasteiger partial charge in [0, 0.05) is 12.1 Å². The van der Waals surface area contributed by atoms with Gasteiger partial charge in [-0.1, -0.05) is 13.0 Å². The second-order valence-corrected chi connectivity index (χ2v) is 4.12. The van der Waals surface area contributed by atoms with Gasteiger partial charge in [0.2, 0.25) is 0 Å². The highest BCUT2D eigenvalue weighted by Gasteiger charge is 2.12. The van der Waals surface area contributed by atoms with Crippen molar-refractivity contribution in [2.24, 2.45) is 0 Å². The Bertz CT molecular complexity index is 355. The maximum absolute atomic E-state index is 5.30. The number of ether oxygens (including phenoxy) is 2. The van der Waals surface area contributed by atoms with Crippen LogP contribution in [-0.2, 0) is 0 Å². The standard InChI is InChI=1S/C15H23NO2/c1-5-7-8-15(16-6-2)12-9-13(17-3)11-14(10-12)18-4/h5,9-11,15-16H,1,6-8H2,2-4H3. The molecule has 0 aromatic heterocycles. The van der Waals surface area contributed by atoms with E-state index in [-0.39, 0.29) is 0 Å². The molecule has 0 saturated heterocycles. The van der Waals surface area contributed by atoms with Gasteiger partial charge in [0.15, 0.2) is 0 Å². The van der Waals surface area contributed by atoms with Gasteiger partial charge in [0.1, 0.15) is 11.5 Å². The van der Waals surface area contributed by atoms with E-state index >= 15 is 0 Å². The van der Waals surface area contributed by atoms with Gasteiger partial charge in [0.05, 0.1) is 14.2 Å². The van der Waals surface area contributed by atoms with Crippen molar-refractivity contribution in [3.63, 3.8) is 0 Å². The van der Waals surface area contributed by atoms with Crippen molar-refractivity contribution in [2.75, 3.05) is 20.8 Å². The van der Waals surface area contributed by atoms with E-state index in [4.69, 9.17) is 9.47 Å². The minimum Gasteiger partial charge on any atom is -0.497 e. The van der Waals surface area contributed by atoms with E-state index in [9.17, 15) is 0 Å². The van der Waals surface area contributed by atoms with E-state index in [2.05, 4.69) is 31.0 Å². The van der Waals surface area contributed by atoms with Crippen molar-refractivity contribution < 1.29 is 9.47 Å². The molecule has 1 aromatic rings. The van der Waals surface area contributed by atoms with Crippen LogP contribution in [0.4, 0.5) is 0 Å². The summed E-state index contributed by atoms with van der Waals surface area (Å²) in [4.78, 5) is 0. The average molecular weight is 249 g/mol. The highest BCUT2D eigenvalue weighted by atomic mass is 16.5. The van der Waals surface area contributed by atoms with Crippen LogP contribution in [0.1, 0.15) is 31.4 Å². The molecule has 3 heteroatoms. The van der Waals surface area contributed by atoms with Crippen LogP contribution in [0.2, 0.25) is 0 Å². The first kappa shape index (κ1) is 14.6. The van der Waals surface area contributed by atoms with Crippen molar-refractivity contribution in [3.05, 3.63) is 36.4 Å². The third-order valence-electron chi connectivity index (χ3n) is 2.89. The first-order chi connectivity index (χ1) is 8.74. The fourth-order valence-electron chi connectivity index (χ4n) is 1.95. The molecule has 0 radical (unpaired) electrons. The van der Waals surface area contributed by atoms with Gasteiger partial charge in [-0.05, 0) is 37.1 Å². The Morgan fingerprint density at radius 2 is 1.83 bits per heavy atom. The van der Waals surface area contributed by atoms with Crippen LogP contribution in [0.15, 0.2) is 30.9 Å². The van der Waals surface area contributed by atoms with Crippen LogP contribution >= 0.6 is 0 Å². The van der Waals surface area contributed by atoms with Crippen LogP contribution in [0, 0.1) is 0 Å². The summed E-state index contributed by atoms with van der Waals surface area (Å²) in [6.07, 6.45) is 3.95. The molecule has 0 fully saturated rings. The van der Waals surface area contributed by atoms with E-state index in [0.717, 1.165) is 30.9 Å². The Morgan fingerprint density at radius 3 is 2.28 bits per heavy atom. The lowest BCUT2D eigenvalue weighted by atomic mass is 10.0. The summed E-state index contributed by atoms with van der Waals surface area (Å²) < 4.78 is 10.6. The van der Waals surface area contributed by atoms with Crippen molar-refractivity contribution in [2.45, 2.75) is 25.8 Å². The summed E-state index contributed by atoms with van der Waals surface area (Å²) in [6.45, 7) is 6.82.